The van der Waals surface area contributed by atoms with E-state index in [-0.39, 0.29) is 6.42 Å². The quantitative estimate of drug-likeness (QED) is 0.750. The molecule has 0 radical (unpaired) electrons. The van der Waals surface area contributed by atoms with Gasteiger partial charge in [0.25, 0.3) is 0 Å². The first kappa shape index (κ1) is 16.0. The summed E-state index contributed by atoms with van der Waals surface area (Å²) in [6, 6.07) is 7.44. The minimum absolute atomic E-state index is 0.171. The molecular weight excluding hydrogens is 256 g/mol. The number of rotatable bonds is 7. The number of carbonyl (C=O) groups is 2. The van der Waals surface area contributed by atoms with Gasteiger partial charge in [0, 0.05) is 0 Å². The van der Waals surface area contributed by atoms with Crippen LogP contribution < -0.4 is 0 Å². The Kier molecular flexibility index (Phi) is 5.97. The monoisotopic (exact) mass is 276 g/mol. The van der Waals surface area contributed by atoms with E-state index in [1.807, 2.05) is 12.1 Å². The van der Waals surface area contributed by atoms with E-state index in [1.54, 1.807) is 12.1 Å². The van der Waals surface area contributed by atoms with Gasteiger partial charge in [0.05, 0.1) is 12.3 Å². The average molecular weight is 276 g/mol. The summed E-state index contributed by atoms with van der Waals surface area (Å²) >= 11 is 0. The highest BCUT2D eigenvalue weighted by molar-refractivity contribution is 5.78. The van der Waals surface area contributed by atoms with Crippen LogP contribution in [0.15, 0.2) is 36.4 Å². The van der Waals surface area contributed by atoms with Crippen molar-refractivity contribution >= 4 is 11.9 Å². The lowest BCUT2D eigenvalue weighted by Gasteiger charge is -2.10. The molecule has 0 saturated carbocycles. The van der Waals surface area contributed by atoms with E-state index in [0.717, 1.165) is 6.42 Å². The van der Waals surface area contributed by atoms with Crippen molar-refractivity contribution in [3.05, 3.63) is 47.5 Å². The van der Waals surface area contributed by atoms with Crippen LogP contribution in [0.25, 0.3) is 0 Å². The van der Waals surface area contributed by atoms with Gasteiger partial charge in [-0.25, -0.2) is 0 Å². The third-order valence-corrected chi connectivity index (χ3v) is 2.87. The molecule has 1 unspecified atom stereocenters. The molecule has 0 bridgehead atoms. The van der Waals surface area contributed by atoms with Crippen molar-refractivity contribution in [2.75, 3.05) is 0 Å². The highest BCUT2D eigenvalue weighted by Crippen LogP contribution is 2.20. The summed E-state index contributed by atoms with van der Waals surface area (Å²) in [5, 5.41) is 17.8. The van der Waals surface area contributed by atoms with E-state index >= 15 is 0 Å². The van der Waals surface area contributed by atoms with E-state index in [9.17, 15) is 14.7 Å². The van der Waals surface area contributed by atoms with E-state index in [4.69, 9.17) is 5.11 Å². The van der Waals surface area contributed by atoms with E-state index < -0.39 is 17.9 Å². The van der Waals surface area contributed by atoms with Crippen molar-refractivity contribution < 1.29 is 19.8 Å². The summed E-state index contributed by atoms with van der Waals surface area (Å²) in [5.41, 5.74) is 1.83. The summed E-state index contributed by atoms with van der Waals surface area (Å²) in [6.45, 7) is 4.26. The Hall–Kier alpha value is -2.10. The molecule has 4 nitrogen and oxygen atoms in total. The number of benzene rings is 1. The molecule has 0 aliphatic heterocycles. The Morgan fingerprint density at radius 3 is 2.20 bits per heavy atom. The zero-order valence-electron chi connectivity index (χ0n) is 11.7. The largest absolute Gasteiger partial charge is 0.481 e. The third-order valence-electron chi connectivity index (χ3n) is 2.87. The lowest BCUT2D eigenvalue weighted by atomic mass is 9.95. The minimum Gasteiger partial charge on any atom is -0.481 e. The van der Waals surface area contributed by atoms with Gasteiger partial charge in [-0.15, -0.1) is 0 Å². The second kappa shape index (κ2) is 7.48. The minimum atomic E-state index is -0.983. The first-order chi connectivity index (χ1) is 9.40. The van der Waals surface area contributed by atoms with Gasteiger partial charge in [-0.05, 0) is 23.5 Å². The smallest absolute Gasteiger partial charge is 0.314 e. The molecular formula is C16H20O4. The Bertz CT molecular complexity index is 486. The average Bonchev–Trinajstić information content (AvgIpc) is 2.34. The molecule has 1 rings (SSSR count). The second-order valence-electron chi connectivity index (χ2n) is 5.18. The van der Waals surface area contributed by atoms with Crippen molar-refractivity contribution in [3.63, 3.8) is 0 Å². The Balaban J connectivity index is 2.84. The van der Waals surface area contributed by atoms with Crippen molar-refractivity contribution in [2.45, 2.75) is 32.6 Å². The lowest BCUT2D eigenvalue weighted by molar-refractivity contribution is -0.138. The number of hydrogen-bond donors (Lipinski definition) is 2. The Morgan fingerprint density at radius 1 is 1.15 bits per heavy atom. The van der Waals surface area contributed by atoms with Crippen molar-refractivity contribution in [3.8, 4) is 0 Å². The van der Waals surface area contributed by atoms with Gasteiger partial charge in [0.2, 0.25) is 0 Å². The van der Waals surface area contributed by atoms with Gasteiger partial charge in [-0.1, -0.05) is 50.3 Å². The molecule has 1 aromatic carbocycles. The molecule has 4 heteroatoms. The van der Waals surface area contributed by atoms with Crippen LogP contribution in [0.2, 0.25) is 0 Å². The Morgan fingerprint density at radius 2 is 1.75 bits per heavy atom. The van der Waals surface area contributed by atoms with Gasteiger partial charge in [0.15, 0.2) is 0 Å². The first-order valence-corrected chi connectivity index (χ1v) is 6.60. The van der Waals surface area contributed by atoms with Crippen LogP contribution >= 0.6 is 0 Å². The van der Waals surface area contributed by atoms with Gasteiger partial charge in [-0.3, -0.25) is 9.59 Å². The predicted octanol–water partition coefficient (Wildman–Crippen LogP) is 3.08. The standard InChI is InChI=1S/C16H20O4/c1-11(2)10-12-6-8-13(9-7-12)14(16(19)20)4-3-5-15(17)18/h3-4,6-9,11,14H,5,10H2,1-2H3,(H,17,18)(H,19,20)/b4-3+. The molecule has 2 N–H and O–H groups in total. The van der Waals surface area contributed by atoms with Crippen molar-refractivity contribution in [1.82, 2.24) is 0 Å². The SMILES string of the molecule is CC(C)Cc1ccc(C(/C=C/CC(=O)O)C(=O)O)cc1. The molecule has 0 spiro atoms. The number of carboxylic acid groups (broad SMARTS) is 2. The molecule has 0 aromatic heterocycles. The molecule has 108 valence electrons. The molecule has 1 atom stereocenters. The topological polar surface area (TPSA) is 74.6 Å². The fourth-order valence-corrected chi connectivity index (χ4v) is 1.97. The summed E-state index contributed by atoms with van der Waals surface area (Å²) in [5.74, 6) is -2.21. The van der Waals surface area contributed by atoms with Crippen LogP contribution in [-0.4, -0.2) is 22.2 Å². The number of carboxylic acids is 2. The van der Waals surface area contributed by atoms with Crippen LogP contribution in [-0.2, 0) is 16.0 Å². The zero-order chi connectivity index (χ0) is 15.1. The maximum absolute atomic E-state index is 11.2. The summed E-state index contributed by atoms with van der Waals surface area (Å²) in [6.07, 6.45) is 3.58. The molecule has 0 fully saturated rings. The molecule has 0 aliphatic carbocycles. The molecule has 0 saturated heterocycles. The maximum atomic E-state index is 11.2. The van der Waals surface area contributed by atoms with Crippen LogP contribution in [0, 0.1) is 5.92 Å². The first-order valence-electron chi connectivity index (χ1n) is 6.60. The van der Waals surface area contributed by atoms with Crippen LogP contribution in [0.5, 0.6) is 0 Å². The second-order valence-corrected chi connectivity index (χ2v) is 5.18. The van der Waals surface area contributed by atoms with Gasteiger partial charge >= 0.3 is 11.9 Å². The van der Waals surface area contributed by atoms with Crippen LogP contribution in [0.1, 0.15) is 37.3 Å². The molecule has 20 heavy (non-hydrogen) atoms. The fourth-order valence-electron chi connectivity index (χ4n) is 1.97. The number of aliphatic carboxylic acids is 2. The van der Waals surface area contributed by atoms with E-state index in [0.29, 0.717) is 11.5 Å². The van der Waals surface area contributed by atoms with Crippen LogP contribution in [0.4, 0.5) is 0 Å². The summed E-state index contributed by atoms with van der Waals surface area (Å²) in [4.78, 5) is 21.7. The highest BCUT2D eigenvalue weighted by Gasteiger charge is 2.16. The highest BCUT2D eigenvalue weighted by atomic mass is 16.4. The predicted molar refractivity (Wildman–Crippen MR) is 76.8 cm³/mol. The maximum Gasteiger partial charge on any atom is 0.314 e. The Labute approximate surface area is 118 Å². The summed E-state index contributed by atoms with van der Waals surface area (Å²) in [7, 11) is 0. The normalized spacial score (nSPS) is 12.8. The van der Waals surface area contributed by atoms with Gasteiger partial charge < -0.3 is 10.2 Å². The summed E-state index contributed by atoms with van der Waals surface area (Å²) < 4.78 is 0. The van der Waals surface area contributed by atoms with Crippen molar-refractivity contribution in [2.24, 2.45) is 5.92 Å². The molecule has 0 heterocycles. The van der Waals surface area contributed by atoms with Crippen molar-refractivity contribution in [1.29, 1.82) is 0 Å². The fraction of sp³-hybridized carbons (Fsp3) is 0.375. The zero-order valence-corrected chi connectivity index (χ0v) is 11.7. The van der Waals surface area contributed by atoms with E-state index in [1.165, 1.54) is 17.7 Å². The molecule has 0 amide bonds. The molecule has 1 aromatic rings. The van der Waals surface area contributed by atoms with Crippen LogP contribution in [0.3, 0.4) is 0 Å². The lowest BCUT2D eigenvalue weighted by Crippen LogP contribution is -2.09. The van der Waals surface area contributed by atoms with Gasteiger partial charge in [0.1, 0.15) is 0 Å². The molecule has 0 aliphatic rings. The van der Waals surface area contributed by atoms with E-state index in [2.05, 4.69) is 13.8 Å². The number of hydrogen-bond acceptors (Lipinski definition) is 2. The third kappa shape index (κ3) is 5.26. The van der Waals surface area contributed by atoms with Gasteiger partial charge in [-0.2, -0.15) is 0 Å².